The van der Waals surface area contributed by atoms with Crippen molar-refractivity contribution in [1.29, 1.82) is 0 Å². The van der Waals surface area contributed by atoms with Crippen molar-refractivity contribution in [3.8, 4) is 5.75 Å². The van der Waals surface area contributed by atoms with Gasteiger partial charge >= 0.3 is 0 Å². The highest BCUT2D eigenvalue weighted by Gasteiger charge is 2.44. The molecule has 3 fully saturated rings. The topological polar surface area (TPSA) is 49.9 Å². The number of likely N-dealkylation sites (tertiary alicyclic amines) is 2. The molecule has 2 aliphatic carbocycles. The van der Waals surface area contributed by atoms with Gasteiger partial charge in [0, 0.05) is 31.5 Å². The largest absolute Gasteiger partial charge is 0.496 e. The average molecular weight is 461 g/mol. The number of hydrogen-bond acceptors (Lipinski definition) is 4. The zero-order chi connectivity index (χ0) is 21.4. The van der Waals surface area contributed by atoms with E-state index in [1.807, 2.05) is 0 Å². The van der Waals surface area contributed by atoms with Gasteiger partial charge in [0.15, 0.2) is 0 Å². The predicted molar refractivity (Wildman–Crippen MR) is 127 cm³/mol. The van der Waals surface area contributed by atoms with Gasteiger partial charge in [-0.05, 0) is 80.5 Å². The van der Waals surface area contributed by atoms with E-state index in [0.717, 1.165) is 57.5 Å². The maximum atomic E-state index is 12.6. The number of nitrogens with zero attached hydrogens (tertiary/aromatic N) is 2. The highest BCUT2D eigenvalue weighted by molar-refractivity contribution is 5.98. The predicted octanol–water partition coefficient (Wildman–Crippen LogP) is 4.57. The number of rotatable bonds is 6. The van der Waals surface area contributed by atoms with Crippen LogP contribution >= 0.6 is 12.4 Å². The first-order chi connectivity index (χ1) is 15.1. The van der Waals surface area contributed by atoms with Gasteiger partial charge in [0.05, 0.1) is 7.11 Å². The summed E-state index contributed by atoms with van der Waals surface area (Å²) in [4.78, 5) is 29.4. The van der Waals surface area contributed by atoms with Crippen molar-refractivity contribution in [2.45, 2.75) is 70.1 Å². The molecule has 5 nitrogen and oxygen atoms in total. The van der Waals surface area contributed by atoms with E-state index in [9.17, 15) is 9.59 Å². The average Bonchev–Trinajstić information content (AvgIpc) is 3.36. The third kappa shape index (κ3) is 4.43. The molecule has 2 atom stereocenters. The summed E-state index contributed by atoms with van der Waals surface area (Å²) in [5, 5.41) is 0. The van der Waals surface area contributed by atoms with Gasteiger partial charge in [0.1, 0.15) is 5.75 Å². The van der Waals surface area contributed by atoms with Gasteiger partial charge in [-0.1, -0.05) is 25.0 Å². The number of fused-ring (bicyclic) bond motifs is 3. The molecular formula is C26H37ClN2O3. The van der Waals surface area contributed by atoms with Crippen LogP contribution in [0.25, 0.3) is 0 Å². The van der Waals surface area contributed by atoms with E-state index in [-0.39, 0.29) is 29.6 Å². The Hall–Kier alpha value is -1.59. The van der Waals surface area contributed by atoms with E-state index >= 15 is 0 Å². The Bertz CT molecular complexity index is 831. The number of carbonyl (C=O) groups excluding carboxylic acids is 2. The van der Waals surface area contributed by atoms with Crippen LogP contribution in [0.5, 0.6) is 5.75 Å². The molecule has 0 radical (unpaired) electrons. The summed E-state index contributed by atoms with van der Waals surface area (Å²) in [6, 6.07) is 6.48. The van der Waals surface area contributed by atoms with Crippen LogP contribution in [0.2, 0.25) is 0 Å². The lowest BCUT2D eigenvalue weighted by Gasteiger charge is -2.37. The molecule has 2 heterocycles. The first kappa shape index (κ1) is 23.6. The maximum absolute atomic E-state index is 12.6. The van der Waals surface area contributed by atoms with E-state index in [1.165, 1.54) is 30.4 Å². The standard InChI is InChI=1S/C26H36N2O3.ClH/c1-31-22-8-6-7-19-15-20-18-27(14-9-21(20)25(19)22)12-4-5-13-28-23(29)16-26(17-24(28)30)10-2-3-11-26;/h6-8,20-21H,2-5,9-18H2,1H3;1H/t20-,21+;/m0./s1. The first-order valence-corrected chi connectivity index (χ1v) is 12.3. The summed E-state index contributed by atoms with van der Waals surface area (Å²) in [6.07, 6.45) is 9.99. The number of unbranched alkanes of at least 4 members (excludes halogenated alkanes) is 1. The molecule has 1 spiro atoms. The minimum Gasteiger partial charge on any atom is -0.496 e. The minimum absolute atomic E-state index is 0. The Labute approximate surface area is 198 Å². The molecule has 5 rings (SSSR count). The monoisotopic (exact) mass is 460 g/mol. The van der Waals surface area contributed by atoms with E-state index in [0.29, 0.717) is 31.2 Å². The van der Waals surface area contributed by atoms with Gasteiger partial charge in [0.2, 0.25) is 11.8 Å². The van der Waals surface area contributed by atoms with Crippen molar-refractivity contribution in [3.05, 3.63) is 29.3 Å². The lowest BCUT2D eigenvalue weighted by molar-refractivity contribution is -0.153. The molecule has 32 heavy (non-hydrogen) atoms. The molecular weight excluding hydrogens is 424 g/mol. The van der Waals surface area contributed by atoms with Crippen LogP contribution in [0.1, 0.15) is 74.8 Å². The van der Waals surface area contributed by atoms with Gasteiger partial charge in [-0.15, -0.1) is 12.4 Å². The van der Waals surface area contributed by atoms with Crippen LogP contribution in [-0.2, 0) is 16.0 Å². The van der Waals surface area contributed by atoms with Crippen molar-refractivity contribution in [3.63, 3.8) is 0 Å². The third-order valence-corrected chi connectivity index (χ3v) is 8.47. The fourth-order valence-electron chi connectivity index (χ4n) is 6.91. The van der Waals surface area contributed by atoms with Crippen LogP contribution < -0.4 is 4.74 Å². The number of ether oxygens (including phenoxy) is 1. The second kappa shape index (κ2) is 9.72. The van der Waals surface area contributed by atoms with Gasteiger partial charge in [0.25, 0.3) is 0 Å². The fraction of sp³-hybridized carbons (Fsp3) is 0.692. The molecule has 0 N–H and O–H groups in total. The Morgan fingerprint density at radius 1 is 1.06 bits per heavy atom. The molecule has 1 aromatic rings. The van der Waals surface area contributed by atoms with Crippen LogP contribution in [0, 0.1) is 11.3 Å². The molecule has 2 aliphatic heterocycles. The number of halogens is 1. The zero-order valence-electron chi connectivity index (χ0n) is 19.3. The summed E-state index contributed by atoms with van der Waals surface area (Å²) in [5.74, 6) is 2.55. The quantitative estimate of drug-likeness (QED) is 0.461. The van der Waals surface area contributed by atoms with Gasteiger partial charge in [-0.2, -0.15) is 0 Å². The summed E-state index contributed by atoms with van der Waals surface area (Å²) in [7, 11) is 1.78. The molecule has 1 saturated carbocycles. The second-order valence-electron chi connectivity index (χ2n) is 10.4. The van der Waals surface area contributed by atoms with Crippen LogP contribution in [-0.4, -0.2) is 54.9 Å². The van der Waals surface area contributed by atoms with Gasteiger partial charge in [-0.25, -0.2) is 0 Å². The van der Waals surface area contributed by atoms with Crippen LogP contribution in [0.3, 0.4) is 0 Å². The summed E-state index contributed by atoms with van der Waals surface area (Å²) in [6.45, 7) is 3.95. The van der Waals surface area contributed by atoms with Crippen molar-refractivity contribution in [2.24, 2.45) is 11.3 Å². The Balaban J connectivity index is 0.00000245. The lowest BCUT2D eigenvalue weighted by Crippen LogP contribution is -2.47. The molecule has 0 unspecified atom stereocenters. The SMILES string of the molecule is COc1cccc2c1[C@@H]1CCN(CCCCN3C(=O)CC4(CCCC4)CC3=O)C[C@@H]1C2.Cl. The highest BCUT2D eigenvalue weighted by atomic mass is 35.5. The molecule has 2 saturated heterocycles. The van der Waals surface area contributed by atoms with Crippen molar-refractivity contribution < 1.29 is 14.3 Å². The highest BCUT2D eigenvalue weighted by Crippen LogP contribution is 2.48. The van der Waals surface area contributed by atoms with Crippen molar-refractivity contribution in [2.75, 3.05) is 33.3 Å². The fourth-order valence-corrected chi connectivity index (χ4v) is 6.91. The molecule has 176 valence electrons. The van der Waals surface area contributed by atoms with E-state index in [1.54, 1.807) is 12.0 Å². The first-order valence-electron chi connectivity index (χ1n) is 12.3. The molecule has 1 aromatic carbocycles. The molecule has 0 aromatic heterocycles. The summed E-state index contributed by atoms with van der Waals surface area (Å²) >= 11 is 0. The molecule has 0 bridgehead atoms. The molecule has 4 aliphatic rings. The van der Waals surface area contributed by atoms with E-state index < -0.39 is 0 Å². The number of carbonyl (C=O) groups is 2. The lowest BCUT2D eigenvalue weighted by atomic mass is 9.76. The number of piperidine rings is 2. The number of methoxy groups -OCH3 is 1. The summed E-state index contributed by atoms with van der Waals surface area (Å²) < 4.78 is 5.64. The van der Waals surface area contributed by atoms with E-state index in [4.69, 9.17) is 4.74 Å². The molecule has 2 amide bonds. The maximum Gasteiger partial charge on any atom is 0.229 e. The third-order valence-electron chi connectivity index (χ3n) is 8.47. The minimum atomic E-state index is 0. The number of benzene rings is 1. The second-order valence-corrected chi connectivity index (χ2v) is 10.4. The Morgan fingerprint density at radius 3 is 2.50 bits per heavy atom. The number of imide groups is 1. The van der Waals surface area contributed by atoms with Gasteiger partial charge in [-0.3, -0.25) is 14.5 Å². The van der Waals surface area contributed by atoms with E-state index in [2.05, 4.69) is 23.1 Å². The van der Waals surface area contributed by atoms with Crippen molar-refractivity contribution in [1.82, 2.24) is 9.80 Å². The normalized spacial score (nSPS) is 26.7. The van der Waals surface area contributed by atoms with Crippen LogP contribution in [0.4, 0.5) is 0 Å². The van der Waals surface area contributed by atoms with Gasteiger partial charge < -0.3 is 9.64 Å². The van der Waals surface area contributed by atoms with Crippen molar-refractivity contribution >= 4 is 24.2 Å². The zero-order valence-corrected chi connectivity index (χ0v) is 20.1. The van der Waals surface area contributed by atoms with Crippen LogP contribution in [0.15, 0.2) is 18.2 Å². The summed E-state index contributed by atoms with van der Waals surface area (Å²) in [5.41, 5.74) is 2.94. The Kier molecular flexibility index (Phi) is 7.16. The molecule has 6 heteroatoms. The smallest absolute Gasteiger partial charge is 0.229 e. The number of hydrogen-bond donors (Lipinski definition) is 0. The number of amides is 2. The Morgan fingerprint density at radius 2 is 1.78 bits per heavy atom.